The van der Waals surface area contributed by atoms with E-state index >= 15 is 0 Å². The molecule has 0 bridgehead atoms. The largest absolute Gasteiger partial charge is 0.462 e. The van der Waals surface area contributed by atoms with E-state index in [4.69, 9.17) is 18.6 Å². The molecule has 1 aliphatic heterocycles. The molecule has 1 aromatic heterocycles. The van der Waals surface area contributed by atoms with Crippen molar-refractivity contribution in [3.8, 4) is 22.8 Å². The fraction of sp³-hybridized carbons (Fsp3) is 0.136. The Balaban J connectivity index is 1.37. The number of hydrazone groups is 1. The zero-order chi connectivity index (χ0) is 20.9. The second-order valence-corrected chi connectivity index (χ2v) is 6.27. The summed E-state index contributed by atoms with van der Waals surface area (Å²) in [6, 6.07) is 15.3. The second kappa shape index (κ2) is 8.52. The SMILES string of the molecule is CCOC(=O)c1ccc(-c2ccc(/C=N\NC(=O)c3ccc4c(c3)OCO4)o2)cc1. The van der Waals surface area contributed by atoms with E-state index in [1.165, 1.54) is 6.21 Å². The number of carbonyl (C=O) groups excluding carboxylic acids is 2. The van der Waals surface area contributed by atoms with Crippen molar-refractivity contribution in [1.82, 2.24) is 5.43 Å². The van der Waals surface area contributed by atoms with Crippen LogP contribution in [0.5, 0.6) is 11.5 Å². The van der Waals surface area contributed by atoms with Crippen LogP contribution < -0.4 is 14.9 Å². The van der Waals surface area contributed by atoms with Gasteiger partial charge in [-0.1, -0.05) is 12.1 Å². The Morgan fingerprint density at radius 3 is 2.60 bits per heavy atom. The van der Waals surface area contributed by atoms with E-state index in [9.17, 15) is 9.59 Å². The van der Waals surface area contributed by atoms with E-state index in [-0.39, 0.29) is 18.7 Å². The Morgan fingerprint density at radius 1 is 1.03 bits per heavy atom. The summed E-state index contributed by atoms with van der Waals surface area (Å²) in [7, 11) is 0. The Labute approximate surface area is 172 Å². The maximum absolute atomic E-state index is 12.2. The quantitative estimate of drug-likeness (QED) is 0.381. The number of carbonyl (C=O) groups is 2. The number of hydrogen-bond donors (Lipinski definition) is 1. The Morgan fingerprint density at radius 2 is 1.80 bits per heavy atom. The summed E-state index contributed by atoms with van der Waals surface area (Å²) in [6.45, 7) is 2.23. The Hall–Kier alpha value is -4.07. The summed E-state index contributed by atoms with van der Waals surface area (Å²) in [6.07, 6.45) is 1.40. The van der Waals surface area contributed by atoms with Gasteiger partial charge in [0, 0.05) is 11.1 Å². The second-order valence-electron chi connectivity index (χ2n) is 6.27. The lowest BCUT2D eigenvalue weighted by atomic mass is 10.1. The lowest BCUT2D eigenvalue weighted by Crippen LogP contribution is -2.17. The van der Waals surface area contributed by atoms with Crippen LogP contribution in [-0.4, -0.2) is 31.5 Å². The van der Waals surface area contributed by atoms with Gasteiger partial charge < -0.3 is 18.6 Å². The van der Waals surface area contributed by atoms with Crippen molar-refractivity contribution in [2.24, 2.45) is 5.10 Å². The Bertz CT molecular complexity index is 1100. The summed E-state index contributed by atoms with van der Waals surface area (Å²) in [5.74, 6) is 1.45. The smallest absolute Gasteiger partial charge is 0.338 e. The van der Waals surface area contributed by atoms with Gasteiger partial charge >= 0.3 is 5.97 Å². The molecule has 2 heterocycles. The highest BCUT2D eigenvalue weighted by molar-refractivity contribution is 5.95. The molecule has 0 fully saturated rings. The van der Waals surface area contributed by atoms with Crippen LogP contribution in [0.15, 0.2) is 64.1 Å². The molecule has 3 aromatic rings. The van der Waals surface area contributed by atoms with Gasteiger partial charge in [-0.2, -0.15) is 5.10 Å². The number of hydrogen-bond acceptors (Lipinski definition) is 7. The number of nitrogens with zero attached hydrogens (tertiary/aromatic N) is 1. The molecule has 4 rings (SSSR count). The standard InChI is InChI=1S/C22H18N2O6/c1-2-27-22(26)15-5-3-14(4-6-15)18-10-8-17(30-18)12-23-24-21(25)16-7-9-19-20(11-16)29-13-28-19/h3-12H,2,13H2,1H3,(H,24,25)/b23-12-. The molecule has 0 unspecified atom stereocenters. The van der Waals surface area contributed by atoms with Gasteiger partial charge in [0.15, 0.2) is 11.5 Å². The summed E-state index contributed by atoms with van der Waals surface area (Å²) in [5, 5.41) is 3.92. The van der Waals surface area contributed by atoms with Gasteiger partial charge in [0.1, 0.15) is 11.5 Å². The number of esters is 1. The van der Waals surface area contributed by atoms with E-state index in [1.54, 1.807) is 61.5 Å². The fourth-order valence-corrected chi connectivity index (χ4v) is 2.82. The van der Waals surface area contributed by atoms with Crippen LogP contribution in [0.4, 0.5) is 0 Å². The number of benzene rings is 2. The summed E-state index contributed by atoms with van der Waals surface area (Å²) >= 11 is 0. The minimum atomic E-state index is -0.383. The molecule has 0 saturated carbocycles. The zero-order valence-electron chi connectivity index (χ0n) is 16.1. The Kier molecular flexibility index (Phi) is 5.47. The number of fused-ring (bicyclic) bond motifs is 1. The topological polar surface area (TPSA) is 99.4 Å². The molecule has 0 atom stereocenters. The molecular formula is C22H18N2O6. The van der Waals surface area contributed by atoms with E-state index < -0.39 is 0 Å². The van der Waals surface area contributed by atoms with Crippen molar-refractivity contribution in [3.05, 3.63) is 71.5 Å². The molecule has 8 heteroatoms. The number of rotatable bonds is 6. The molecule has 0 aliphatic carbocycles. The van der Waals surface area contributed by atoms with Gasteiger partial charge in [0.25, 0.3) is 5.91 Å². The van der Waals surface area contributed by atoms with Crippen molar-refractivity contribution < 1.29 is 28.2 Å². The van der Waals surface area contributed by atoms with Crippen molar-refractivity contribution in [2.75, 3.05) is 13.4 Å². The first kappa shape index (κ1) is 19.3. The molecule has 1 amide bonds. The van der Waals surface area contributed by atoms with Gasteiger partial charge in [-0.3, -0.25) is 4.79 Å². The zero-order valence-corrected chi connectivity index (χ0v) is 16.1. The normalized spacial score (nSPS) is 12.2. The highest BCUT2D eigenvalue weighted by Crippen LogP contribution is 2.32. The average Bonchev–Trinajstić information content (AvgIpc) is 3.43. The van der Waals surface area contributed by atoms with Gasteiger partial charge in [-0.15, -0.1) is 0 Å². The number of furan rings is 1. The van der Waals surface area contributed by atoms with Gasteiger partial charge in [-0.05, 0) is 49.4 Å². The molecular weight excluding hydrogens is 388 g/mol. The monoisotopic (exact) mass is 406 g/mol. The van der Waals surface area contributed by atoms with Gasteiger partial charge in [0.2, 0.25) is 6.79 Å². The molecule has 2 aromatic carbocycles. The van der Waals surface area contributed by atoms with Crippen molar-refractivity contribution in [1.29, 1.82) is 0 Å². The third-order valence-electron chi connectivity index (χ3n) is 4.30. The maximum Gasteiger partial charge on any atom is 0.338 e. The lowest BCUT2D eigenvalue weighted by molar-refractivity contribution is 0.0526. The molecule has 0 radical (unpaired) electrons. The molecule has 30 heavy (non-hydrogen) atoms. The summed E-state index contributed by atoms with van der Waals surface area (Å²) in [5.41, 5.74) is 4.11. The summed E-state index contributed by atoms with van der Waals surface area (Å²) < 4.78 is 21.2. The maximum atomic E-state index is 12.2. The first-order chi connectivity index (χ1) is 14.6. The third kappa shape index (κ3) is 4.17. The van der Waals surface area contributed by atoms with E-state index in [0.29, 0.717) is 40.8 Å². The number of nitrogens with one attached hydrogen (secondary N) is 1. The third-order valence-corrected chi connectivity index (χ3v) is 4.30. The molecule has 152 valence electrons. The van der Waals surface area contributed by atoms with Crippen LogP contribution in [0.25, 0.3) is 11.3 Å². The van der Waals surface area contributed by atoms with Crippen LogP contribution >= 0.6 is 0 Å². The van der Waals surface area contributed by atoms with Crippen LogP contribution in [0.2, 0.25) is 0 Å². The van der Waals surface area contributed by atoms with Gasteiger partial charge in [-0.25, -0.2) is 10.2 Å². The van der Waals surface area contributed by atoms with E-state index in [1.807, 2.05) is 0 Å². The minimum Gasteiger partial charge on any atom is -0.462 e. The van der Waals surface area contributed by atoms with Gasteiger partial charge in [0.05, 0.1) is 18.4 Å². The van der Waals surface area contributed by atoms with Crippen molar-refractivity contribution in [3.63, 3.8) is 0 Å². The van der Waals surface area contributed by atoms with Crippen LogP contribution in [0.3, 0.4) is 0 Å². The minimum absolute atomic E-state index is 0.144. The van der Waals surface area contributed by atoms with E-state index in [0.717, 1.165) is 5.56 Å². The fourth-order valence-electron chi connectivity index (χ4n) is 2.82. The van der Waals surface area contributed by atoms with Crippen molar-refractivity contribution in [2.45, 2.75) is 6.92 Å². The molecule has 8 nitrogen and oxygen atoms in total. The average molecular weight is 406 g/mol. The predicted octanol–water partition coefficient (Wildman–Crippen LogP) is 3.62. The lowest BCUT2D eigenvalue weighted by Gasteiger charge is -2.02. The number of ether oxygens (including phenoxy) is 3. The van der Waals surface area contributed by atoms with E-state index in [2.05, 4.69) is 10.5 Å². The molecule has 0 spiro atoms. The van der Waals surface area contributed by atoms with Crippen LogP contribution in [0, 0.1) is 0 Å². The highest BCUT2D eigenvalue weighted by atomic mass is 16.7. The first-order valence-electron chi connectivity index (χ1n) is 9.24. The summed E-state index contributed by atoms with van der Waals surface area (Å²) in [4.78, 5) is 23.9. The first-order valence-corrected chi connectivity index (χ1v) is 9.24. The van der Waals surface area contributed by atoms with Crippen LogP contribution in [-0.2, 0) is 4.74 Å². The highest BCUT2D eigenvalue weighted by Gasteiger charge is 2.16. The molecule has 1 N–H and O–H groups in total. The predicted molar refractivity (Wildman–Crippen MR) is 108 cm³/mol. The van der Waals surface area contributed by atoms with Crippen molar-refractivity contribution >= 4 is 18.1 Å². The molecule has 0 saturated heterocycles. The van der Waals surface area contributed by atoms with Crippen LogP contribution in [0.1, 0.15) is 33.4 Å². The number of amides is 1. The molecule has 1 aliphatic rings.